The summed E-state index contributed by atoms with van der Waals surface area (Å²) in [6, 6.07) is 11.7. The molecular weight excluding hydrogens is 388 g/mol. The van der Waals surface area contributed by atoms with Crippen molar-refractivity contribution < 1.29 is 34.6 Å². The second-order valence-electron chi connectivity index (χ2n) is 7.77. The summed E-state index contributed by atoms with van der Waals surface area (Å²) in [5.41, 5.74) is 3.76. The average Bonchev–Trinajstić information content (AvgIpc) is 3.23. The standard InChI is InChI=1S/C23H28O7/c1-2-28-17-5-3-13(4-6-17)9-15-11-16(10-14-7-8-29-22(14)15)23-21(27)20(26)19(25)18(12-24)30-23/h3-6,10-11,18-21,23-27H,2,7-9,12H2,1H3/t18-,19-,20+,21-,23?/m1/s1. The molecule has 2 aromatic rings. The zero-order valence-corrected chi connectivity index (χ0v) is 16.9. The molecule has 0 aliphatic carbocycles. The number of hydrogen-bond acceptors (Lipinski definition) is 7. The number of rotatable bonds is 6. The lowest BCUT2D eigenvalue weighted by molar-refractivity contribution is -0.231. The van der Waals surface area contributed by atoms with Crippen molar-refractivity contribution >= 4 is 0 Å². The van der Waals surface area contributed by atoms with Crippen molar-refractivity contribution in [3.8, 4) is 11.5 Å². The molecule has 2 aromatic carbocycles. The van der Waals surface area contributed by atoms with Crippen LogP contribution in [0.1, 0.15) is 35.3 Å². The van der Waals surface area contributed by atoms with Crippen LogP contribution in [0, 0.1) is 0 Å². The Morgan fingerprint density at radius 3 is 2.50 bits per heavy atom. The molecule has 1 saturated heterocycles. The molecule has 1 unspecified atom stereocenters. The third-order valence-corrected chi connectivity index (χ3v) is 5.73. The Balaban J connectivity index is 1.64. The molecule has 4 rings (SSSR count). The van der Waals surface area contributed by atoms with Crippen LogP contribution in [0.5, 0.6) is 11.5 Å². The fraction of sp³-hybridized carbons (Fsp3) is 0.478. The molecule has 2 heterocycles. The highest BCUT2D eigenvalue weighted by atomic mass is 16.5. The van der Waals surface area contributed by atoms with E-state index in [2.05, 4.69) is 0 Å². The Hall–Kier alpha value is -2.16. The quantitative estimate of drug-likeness (QED) is 0.559. The van der Waals surface area contributed by atoms with Crippen LogP contribution >= 0.6 is 0 Å². The monoisotopic (exact) mass is 416 g/mol. The van der Waals surface area contributed by atoms with Crippen LogP contribution in [0.3, 0.4) is 0 Å². The second-order valence-corrected chi connectivity index (χ2v) is 7.77. The minimum atomic E-state index is -1.40. The lowest BCUT2D eigenvalue weighted by Crippen LogP contribution is -2.55. The highest BCUT2D eigenvalue weighted by Crippen LogP contribution is 2.39. The van der Waals surface area contributed by atoms with E-state index >= 15 is 0 Å². The number of aliphatic hydroxyl groups is 4. The van der Waals surface area contributed by atoms with Crippen molar-refractivity contribution in [2.24, 2.45) is 0 Å². The first-order valence-corrected chi connectivity index (χ1v) is 10.3. The highest BCUT2D eigenvalue weighted by Gasteiger charge is 2.44. The molecule has 1 fully saturated rings. The van der Waals surface area contributed by atoms with Crippen molar-refractivity contribution in [2.45, 2.75) is 50.3 Å². The van der Waals surface area contributed by atoms with Crippen molar-refractivity contribution in [1.82, 2.24) is 0 Å². The van der Waals surface area contributed by atoms with Gasteiger partial charge < -0.3 is 34.6 Å². The molecule has 0 spiro atoms. The second kappa shape index (κ2) is 8.91. The molecule has 0 radical (unpaired) electrons. The van der Waals surface area contributed by atoms with Crippen molar-refractivity contribution in [1.29, 1.82) is 0 Å². The Labute approximate surface area is 175 Å². The van der Waals surface area contributed by atoms with Gasteiger partial charge in [-0.25, -0.2) is 0 Å². The van der Waals surface area contributed by atoms with E-state index in [-0.39, 0.29) is 0 Å². The molecule has 0 saturated carbocycles. The molecule has 7 heteroatoms. The van der Waals surface area contributed by atoms with E-state index < -0.39 is 37.1 Å². The predicted octanol–water partition coefficient (Wildman–Crippen LogP) is 1.13. The lowest BCUT2D eigenvalue weighted by atomic mass is 9.88. The van der Waals surface area contributed by atoms with Gasteiger partial charge >= 0.3 is 0 Å². The molecule has 30 heavy (non-hydrogen) atoms. The summed E-state index contributed by atoms with van der Waals surface area (Å²) in [6.07, 6.45) is -4.50. The molecular formula is C23H28O7. The van der Waals surface area contributed by atoms with Gasteiger partial charge in [-0.2, -0.15) is 0 Å². The molecule has 0 bridgehead atoms. The van der Waals surface area contributed by atoms with Gasteiger partial charge in [0.2, 0.25) is 0 Å². The molecule has 7 nitrogen and oxygen atoms in total. The van der Waals surface area contributed by atoms with E-state index in [0.29, 0.717) is 25.2 Å². The normalized spacial score (nSPS) is 28.1. The molecule has 4 N–H and O–H groups in total. The van der Waals surface area contributed by atoms with Crippen LogP contribution in [0.2, 0.25) is 0 Å². The average molecular weight is 416 g/mol. The minimum absolute atomic E-state index is 0.450. The van der Waals surface area contributed by atoms with Gasteiger partial charge in [0.25, 0.3) is 0 Å². The minimum Gasteiger partial charge on any atom is -0.494 e. The topological polar surface area (TPSA) is 109 Å². The van der Waals surface area contributed by atoms with Gasteiger partial charge in [-0.3, -0.25) is 0 Å². The molecule has 2 aliphatic rings. The zero-order chi connectivity index (χ0) is 21.3. The SMILES string of the molecule is CCOc1ccc(Cc2cc(C3O[C@H](CO)[C@@H](O)[C@H](O)[C@H]3O)cc3c2OCC3)cc1. The number of hydrogen-bond donors (Lipinski definition) is 4. The predicted molar refractivity (Wildman–Crippen MR) is 109 cm³/mol. The summed E-state index contributed by atoms with van der Waals surface area (Å²) in [5.74, 6) is 1.66. The number of ether oxygens (including phenoxy) is 3. The van der Waals surface area contributed by atoms with E-state index in [1.165, 1.54) is 0 Å². The summed E-state index contributed by atoms with van der Waals surface area (Å²) in [5, 5.41) is 40.2. The summed E-state index contributed by atoms with van der Waals surface area (Å²) >= 11 is 0. The Morgan fingerprint density at radius 2 is 1.80 bits per heavy atom. The van der Waals surface area contributed by atoms with Gasteiger partial charge in [0.1, 0.15) is 42.0 Å². The maximum atomic E-state index is 10.5. The van der Waals surface area contributed by atoms with E-state index in [1.807, 2.05) is 43.3 Å². The maximum Gasteiger partial charge on any atom is 0.126 e. The Kier molecular flexibility index (Phi) is 6.26. The van der Waals surface area contributed by atoms with Crippen molar-refractivity contribution in [2.75, 3.05) is 19.8 Å². The van der Waals surface area contributed by atoms with Gasteiger partial charge in [-0.1, -0.05) is 12.1 Å². The molecule has 5 atom stereocenters. The van der Waals surface area contributed by atoms with Crippen molar-refractivity contribution in [3.05, 3.63) is 58.7 Å². The van der Waals surface area contributed by atoms with Gasteiger partial charge in [-0.05, 0) is 53.4 Å². The van der Waals surface area contributed by atoms with E-state index in [9.17, 15) is 20.4 Å². The summed E-state index contributed by atoms with van der Waals surface area (Å²) in [4.78, 5) is 0. The highest BCUT2D eigenvalue weighted by molar-refractivity contribution is 5.50. The van der Waals surface area contributed by atoms with Gasteiger partial charge in [0, 0.05) is 12.8 Å². The van der Waals surface area contributed by atoms with Gasteiger partial charge in [0.05, 0.1) is 19.8 Å². The Morgan fingerprint density at radius 1 is 1.03 bits per heavy atom. The fourth-order valence-corrected chi connectivity index (χ4v) is 4.18. The van der Waals surface area contributed by atoms with Crippen molar-refractivity contribution in [3.63, 3.8) is 0 Å². The summed E-state index contributed by atoms with van der Waals surface area (Å²) in [6.45, 7) is 2.69. The lowest BCUT2D eigenvalue weighted by Gasteiger charge is -2.40. The zero-order valence-electron chi connectivity index (χ0n) is 16.9. The first-order valence-electron chi connectivity index (χ1n) is 10.3. The Bertz CT molecular complexity index is 865. The molecule has 0 aromatic heterocycles. The van der Waals surface area contributed by atoms with Crippen LogP contribution in [0.25, 0.3) is 0 Å². The maximum absolute atomic E-state index is 10.5. The smallest absolute Gasteiger partial charge is 0.126 e. The van der Waals surface area contributed by atoms with E-state index in [1.54, 1.807) is 0 Å². The number of aliphatic hydroxyl groups excluding tert-OH is 4. The van der Waals surface area contributed by atoms with Gasteiger partial charge in [-0.15, -0.1) is 0 Å². The van der Waals surface area contributed by atoms with Crippen LogP contribution < -0.4 is 9.47 Å². The molecule has 162 valence electrons. The first kappa shape index (κ1) is 21.1. The van der Waals surface area contributed by atoms with Crippen LogP contribution in [0.15, 0.2) is 36.4 Å². The largest absolute Gasteiger partial charge is 0.494 e. The molecule has 2 aliphatic heterocycles. The number of benzene rings is 2. The first-order chi connectivity index (χ1) is 14.5. The fourth-order valence-electron chi connectivity index (χ4n) is 4.18. The summed E-state index contributed by atoms with van der Waals surface area (Å²) < 4.78 is 17.1. The molecule has 0 amide bonds. The van der Waals surface area contributed by atoms with Crippen LogP contribution in [-0.4, -0.2) is 64.7 Å². The third-order valence-electron chi connectivity index (χ3n) is 5.73. The third kappa shape index (κ3) is 4.04. The number of fused-ring (bicyclic) bond motifs is 1. The van der Waals surface area contributed by atoms with E-state index in [0.717, 1.165) is 34.6 Å². The summed E-state index contributed by atoms with van der Waals surface area (Å²) in [7, 11) is 0. The van der Waals surface area contributed by atoms with Crippen LogP contribution in [0.4, 0.5) is 0 Å². The van der Waals surface area contributed by atoms with Crippen LogP contribution in [-0.2, 0) is 17.6 Å². The van der Waals surface area contributed by atoms with E-state index in [4.69, 9.17) is 14.2 Å². The van der Waals surface area contributed by atoms with Gasteiger partial charge in [0.15, 0.2) is 0 Å².